The van der Waals surface area contributed by atoms with Crippen LogP contribution in [0.1, 0.15) is 33.1 Å². The molecule has 1 saturated heterocycles. The van der Waals surface area contributed by atoms with Gasteiger partial charge in [-0.15, -0.1) is 0 Å². The van der Waals surface area contributed by atoms with Crippen LogP contribution in [0.4, 0.5) is 11.9 Å². The average Bonchev–Trinajstić information content (AvgIpc) is 2.48. The Morgan fingerprint density at radius 2 is 1.86 bits per heavy atom. The Kier molecular flexibility index (Phi) is 5.98. The van der Waals surface area contributed by atoms with Crippen molar-refractivity contribution in [2.75, 3.05) is 43.9 Å². The number of anilines is 2. The van der Waals surface area contributed by atoms with Crippen molar-refractivity contribution in [3.63, 3.8) is 0 Å². The molecule has 1 aliphatic heterocycles. The Balaban J connectivity index is 1.95. The lowest BCUT2D eigenvalue weighted by Gasteiger charge is -2.29. The Morgan fingerprint density at radius 1 is 1.14 bits per heavy atom. The maximum absolute atomic E-state index is 5.12. The van der Waals surface area contributed by atoms with Crippen LogP contribution in [0.25, 0.3) is 0 Å². The minimum absolute atomic E-state index is 0.282. The van der Waals surface area contributed by atoms with Crippen LogP contribution in [0, 0.1) is 0 Å². The van der Waals surface area contributed by atoms with Crippen molar-refractivity contribution < 1.29 is 4.74 Å². The van der Waals surface area contributed by atoms with Gasteiger partial charge in [-0.3, -0.25) is 0 Å². The van der Waals surface area contributed by atoms with Crippen molar-refractivity contribution in [1.82, 2.24) is 19.9 Å². The van der Waals surface area contributed by atoms with E-state index in [1.54, 1.807) is 7.11 Å². The molecular formula is C14H26N6O. The SMILES string of the molecule is CCNc1nc(NC(C)CN2CCCCC2)nc(OC)n1. The second kappa shape index (κ2) is 7.97. The lowest BCUT2D eigenvalue weighted by atomic mass is 10.1. The molecule has 1 fully saturated rings. The van der Waals surface area contributed by atoms with Gasteiger partial charge in [0.15, 0.2) is 0 Å². The highest BCUT2D eigenvalue weighted by atomic mass is 16.5. The Labute approximate surface area is 126 Å². The van der Waals surface area contributed by atoms with Crippen LogP contribution >= 0.6 is 0 Å². The van der Waals surface area contributed by atoms with E-state index in [0.29, 0.717) is 17.9 Å². The summed E-state index contributed by atoms with van der Waals surface area (Å²) in [6.45, 7) is 8.30. The third kappa shape index (κ3) is 5.00. The Bertz CT molecular complexity index is 435. The van der Waals surface area contributed by atoms with Gasteiger partial charge in [-0.1, -0.05) is 6.42 Å². The van der Waals surface area contributed by atoms with E-state index < -0.39 is 0 Å². The van der Waals surface area contributed by atoms with Crippen LogP contribution in [0.15, 0.2) is 0 Å². The smallest absolute Gasteiger partial charge is 0.322 e. The van der Waals surface area contributed by atoms with Gasteiger partial charge >= 0.3 is 6.01 Å². The first-order valence-electron chi connectivity index (χ1n) is 7.74. The summed E-state index contributed by atoms with van der Waals surface area (Å²) in [7, 11) is 1.56. The molecule has 21 heavy (non-hydrogen) atoms. The summed E-state index contributed by atoms with van der Waals surface area (Å²) in [4.78, 5) is 15.3. The standard InChI is InChI=1S/C14H26N6O/c1-4-15-12-17-13(19-14(18-12)21-3)16-11(2)10-20-8-6-5-7-9-20/h11H,4-10H2,1-3H3,(H2,15,16,17,18,19). The van der Waals surface area contributed by atoms with Crippen LogP contribution in [0.5, 0.6) is 6.01 Å². The summed E-state index contributed by atoms with van der Waals surface area (Å²) < 4.78 is 5.12. The molecule has 1 aliphatic rings. The fourth-order valence-electron chi connectivity index (χ4n) is 2.54. The van der Waals surface area contributed by atoms with E-state index in [-0.39, 0.29) is 6.04 Å². The van der Waals surface area contributed by atoms with Crippen molar-refractivity contribution >= 4 is 11.9 Å². The number of rotatable bonds is 7. The molecule has 1 aromatic heterocycles. The normalized spacial score (nSPS) is 17.3. The summed E-state index contributed by atoms with van der Waals surface area (Å²) in [5, 5.41) is 6.42. The minimum atomic E-state index is 0.282. The number of likely N-dealkylation sites (tertiary alicyclic amines) is 1. The number of ether oxygens (including phenoxy) is 1. The molecule has 2 heterocycles. The quantitative estimate of drug-likeness (QED) is 0.791. The van der Waals surface area contributed by atoms with Crippen LogP contribution in [0.2, 0.25) is 0 Å². The second-order valence-electron chi connectivity index (χ2n) is 5.41. The first kappa shape index (κ1) is 15.8. The molecular weight excluding hydrogens is 268 g/mol. The molecule has 2 N–H and O–H groups in total. The fourth-order valence-corrected chi connectivity index (χ4v) is 2.54. The summed E-state index contributed by atoms with van der Waals surface area (Å²) in [6, 6.07) is 0.610. The van der Waals surface area contributed by atoms with Crippen molar-refractivity contribution in [2.45, 2.75) is 39.2 Å². The van der Waals surface area contributed by atoms with Crippen molar-refractivity contribution in [3.05, 3.63) is 0 Å². The molecule has 0 radical (unpaired) electrons. The number of nitrogens with zero attached hydrogens (tertiary/aromatic N) is 4. The number of piperidine rings is 1. The van der Waals surface area contributed by atoms with Gasteiger partial charge < -0.3 is 20.3 Å². The van der Waals surface area contributed by atoms with Crippen LogP contribution in [-0.2, 0) is 0 Å². The van der Waals surface area contributed by atoms with Gasteiger partial charge in [0.25, 0.3) is 0 Å². The molecule has 1 atom stereocenters. The molecule has 0 saturated carbocycles. The van der Waals surface area contributed by atoms with Crippen molar-refractivity contribution in [3.8, 4) is 6.01 Å². The van der Waals surface area contributed by atoms with Gasteiger partial charge in [0.2, 0.25) is 11.9 Å². The summed E-state index contributed by atoms with van der Waals surface area (Å²) in [6.07, 6.45) is 3.96. The Hall–Kier alpha value is -1.63. The fraction of sp³-hybridized carbons (Fsp3) is 0.786. The molecule has 0 bridgehead atoms. The molecule has 7 nitrogen and oxygen atoms in total. The zero-order chi connectivity index (χ0) is 15.1. The van der Waals surface area contributed by atoms with E-state index in [4.69, 9.17) is 4.74 Å². The number of aromatic nitrogens is 3. The lowest BCUT2D eigenvalue weighted by molar-refractivity contribution is 0.223. The van der Waals surface area contributed by atoms with Gasteiger partial charge in [0, 0.05) is 19.1 Å². The number of hydrogen-bond acceptors (Lipinski definition) is 7. The molecule has 7 heteroatoms. The van der Waals surface area contributed by atoms with Crippen LogP contribution in [0.3, 0.4) is 0 Å². The van der Waals surface area contributed by atoms with Gasteiger partial charge in [-0.2, -0.15) is 15.0 Å². The molecule has 0 aromatic carbocycles. The van der Waals surface area contributed by atoms with Gasteiger partial charge in [0.05, 0.1) is 7.11 Å². The van der Waals surface area contributed by atoms with Crippen molar-refractivity contribution in [2.24, 2.45) is 0 Å². The van der Waals surface area contributed by atoms with E-state index in [9.17, 15) is 0 Å². The molecule has 1 unspecified atom stereocenters. The summed E-state index contributed by atoms with van der Waals surface area (Å²) in [5.74, 6) is 1.10. The molecule has 1 aromatic rings. The largest absolute Gasteiger partial charge is 0.467 e. The zero-order valence-electron chi connectivity index (χ0n) is 13.2. The molecule has 118 valence electrons. The highest BCUT2D eigenvalue weighted by Crippen LogP contribution is 2.13. The first-order valence-corrected chi connectivity index (χ1v) is 7.74. The molecule has 2 rings (SSSR count). The van der Waals surface area contributed by atoms with E-state index in [2.05, 4.69) is 37.4 Å². The number of methoxy groups -OCH3 is 1. The molecule has 0 aliphatic carbocycles. The van der Waals surface area contributed by atoms with Crippen molar-refractivity contribution in [1.29, 1.82) is 0 Å². The number of hydrogen-bond donors (Lipinski definition) is 2. The predicted molar refractivity (Wildman–Crippen MR) is 83.9 cm³/mol. The summed E-state index contributed by atoms with van der Waals surface area (Å²) in [5.41, 5.74) is 0. The molecule has 0 amide bonds. The van der Waals surface area contributed by atoms with Crippen LogP contribution in [-0.4, -0.2) is 59.2 Å². The topological polar surface area (TPSA) is 75.2 Å². The third-order valence-corrected chi connectivity index (χ3v) is 3.49. The lowest BCUT2D eigenvalue weighted by Crippen LogP contribution is -2.38. The number of nitrogens with one attached hydrogen (secondary N) is 2. The molecule has 0 spiro atoms. The average molecular weight is 294 g/mol. The van der Waals surface area contributed by atoms with E-state index >= 15 is 0 Å². The zero-order valence-corrected chi connectivity index (χ0v) is 13.2. The summed E-state index contributed by atoms with van der Waals surface area (Å²) >= 11 is 0. The maximum Gasteiger partial charge on any atom is 0.322 e. The van der Waals surface area contributed by atoms with E-state index in [0.717, 1.165) is 13.1 Å². The van der Waals surface area contributed by atoms with Gasteiger partial charge in [-0.05, 0) is 39.8 Å². The maximum atomic E-state index is 5.12. The van der Waals surface area contributed by atoms with E-state index in [1.807, 2.05) is 6.92 Å². The van der Waals surface area contributed by atoms with Gasteiger partial charge in [-0.25, -0.2) is 0 Å². The third-order valence-electron chi connectivity index (χ3n) is 3.49. The predicted octanol–water partition coefficient (Wildman–Crippen LogP) is 1.60. The monoisotopic (exact) mass is 294 g/mol. The van der Waals surface area contributed by atoms with E-state index in [1.165, 1.54) is 32.4 Å². The Morgan fingerprint density at radius 3 is 2.52 bits per heavy atom. The van der Waals surface area contributed by atoms with Crippen LogP contribution < -0.4 is 15.4 Å². The minimum Gasteiger partial charge on any atom is -0.467 e. The highest BCUT2D eigenvalue weighted by Gasteiger charge is 2.15. The second-order valence-corrected chi connectivity index (χ2v) is 5.41. The highest BCUT2D eigenvalue weighted by molar-refractivity contribution is 5.36. The first-order chi connectivity index (χ1) is 10.2. The van der Waals surface area contributed by atoms with Gasteiger partial charge in [0.1, 0.15) is 0 Å².